The van der Waals surface area contributed by atoms with Gasteiger partial charge in [-0.25, -0.2) is 4.98 Å². The van der Waals surface area contributed by atoms with Crippen LogP contribution in [0.1, 0.15) is 30.0 Å². The van der Waals surface area contributed by atoms with E-state index in [0.717, 1.165) is 42.9 Å². The molecule has 0 aliphatic rings. The van der Waals surface area contributed by atoms with Crippen molar-refractivity contribution in [1.82, 2.24) is 9.88 Å². The molecule has 108 valence electrons. The lowest BCUT2D eigenvalue weighted by molar-refractivity contribution is -0.129. The summed E-state index contributed by atoms with van der Waals surface area (Å²) in [5, 5.41) is 11.8. The summed E-state index contributed by atoms with van der Waals surface area (Å²) in [4.78, 5) is 17.8. The number of unbranched alkanes of at least 4 members (excludes halogenated alkanes) is 2. The summed E-state index contributed by atoms with van der Waals surface area (Å²) >= 11 is 1.61. The van der Waals surface area contributed by atoms with E-state index in [4.69, 9.17) is 10.8 Å². The average Bonchev–Trinajstić information content (AvgIpc) is 2.82. The van der Waals surface area contributed by atoms with Gasteiger partial charge in [-0.05, 0) is 25.8 Å². The number of likely N-dealkylation sites (N-methyl/N-ethyl adjacent to an activating group) is 1. The zero-order valence-corrected chi connectivity index (χ0v) is 12.3. The van der Waals surface area contributed by atoms with Crippen LogP contribution in [0.3, 0.4) is 0 Å². The molecule has 3 N–H and O–H groups in total. The Hall–Kier alpha value is -0.980. The van der Waals surface area contributed by atoms with E-state index in [-0.39, 0.29) is 12.5 Å². The Kier molecular flexibility index (Phi) is 7.62. The fourth-order valence-corrected chi connectivity index (χ4v) is 2.55. The molecule has 0 spiro atoms. The molecule has 1 amide bonds. The molecular formula is C13H23N3O2S. The van der Waals surface area contributed by atoms with E-state index < -0.39 is 0 Å². The van der Waals surface area contributed by atoms with Crippen LogP contribution in [0.2, 0.25) is 0 Å². The average molecular weight is 285 g/mol. The molecule has 1 aromatic heterocycles. The number of aromatic nitrogens is 1. The van der Waals surface area contributed by atoms with Crippen molar-refractivity contribution < 1.29 is 9.90 Å². The first-order chi connectivity index (χ1) is 9.17. The van der Waals surface area contributed by atoms with Crippen molar-refractivity contribution >= 4 is 17.2 Å². The van der Waals surface area contributed by atoms with E-state index in [1.54, 1.807) is 18.4 Å². The van der Waals surface area contributed by atoms with E-state index in [1.165, 1.54) is 4.90 Å². The maximum absolute atomic E-state index is 11.8. The molecular weight excluding hydrogens is 262 g/mol. The fourth-order valence-electron chi connectivity index (χ4n) is 1.71. The van der Waals surface area contributed by atoms with Crippen LogP contribution in [0.25, 0.3) is 0 Å². The lowest BCUT2D eigenvalue weighted by atomic mass is 10.2. The van der Waals surface area contributed by atoms with Crippen LogP contribution in [-0.2, 0) is 17.6 Å². The number of aliphatic hydroxyl groups excluding tert-OH is 1. The highest BCUT2D eigenvalue weighted by molar-refractivity contribution is 7.09. The highest BCUT2D eigenvalue weighted by Gasteiger charge is 2.11. The summed E-state index contributed by atoms with van der Waals surface area (Å²) in [6, 6.07) is 0. The van der Waals surface area contributed by atoms with Crippen molar-refractivity contribution in [2.45, 2.75) is 32.1 Å². The van der Waals surface area contributed by atoms with Crippen LogP contribution in [0.4, 0.5) is 0 Å². The Labute approximate surface area is 118 Å². The lowest BCUT2D eigenvalue weighted by Crippen LogP contribution is -2.30. The van der Waals surface area contributed by atoms with Crippen LogP contribution in [0.15, 0.2) is 5.38 Å². The Morgan fingerprint density at radius 2 is 2.26 bits per heavy atom. The molecule has 1 aromatic rings. The maximum atomic E-state index is 11.8. The summed E-state index contributed by atoms with van der Waals surface area (Å²) < 4.78 is 0. The van der Waals surface area contributed by atoms with Crippen LogP contribution < -0.4 is 5.73 Å². The number of amides is 1. The van der Waals surface area contributed by atoms with Gasteiger partial charge in [0.05, 0.1) is 23.7 Å². The topological polar surface area (TPSA) is 79.5 Å². The Bertz CT molecular complexity index is 382. The van der Waals surface area contributed by atoms with Gasteiger partial charge >= 0.3 is 0 Å². The van der Waals surface area contributed by atoms with Crippen LogP contribution in [-0.4, -0.2) is 47.6 Å². The Morgan fingerprint density at radius 3 is 2.95 bits per heavy atom. The first-order valence-electron chi connectivity index (χ1n) is 6.65. The van der Waals surface area contributed by atoms with Gasteiger partial charge in [0.1, 0.15) is 0 Å². The van der Waals surface area contributed by atoms with Crippen molar-refractivity contribution in [2.24, 2.45) is 5.73 Å². The lowest BCUT2D eigenvalue weighted by Gasteiger charge is -2.14. The number of carbonyl (C=O) groups excluding carboxylic acids is 1. The van der Waals surface area contributed by atoms with E-state index in [9.17, 15) is 4.79 Å². The number of rotatable bonds is 9. The third kappa shape index (κ3) is 6.13. The fraction of sp³-hybridized carbons (Fsp3) is 0.692. The van der Waals surface area contributed by atoms with Gasteiger partial charge in [-0.3, -0.25) is 4.79 Å². The van der Waals surface area contributed by atoms with Gasteiger partial charge in [0.15, 0.2) is 0 Å². The largest absolute Gasteiger partial charge is 0.395 e. The first-order valence-corrected chi connectivity index (χ1v) is 7.53. The number of hydrogen-bond acceptors (Lipinski definition) is 5. The molecule has 1 heterocycles. The number of nitrogens with two attached hydrogens (primary N) is 1. The minimum absolute atomic E-state index is 0.00553. The molecule has 5 nitrogen and oxygen atoms in total. The summed E-state index contributed by atoms with van der Waals surface area (Å²) in [6.45, 7) is 1.11. The van der Waals surface area contributed by atoms with Gasteiger partial charge in [0.25, 0.3) is 0 Å². The quantitative estimate of drug-likeness (QED) is 0.658. The zero-order valence-electron chi connectivity index (χ0n) is 11.5. The molecule has 0 saturated carbocycles. The molecule has 0 bridgehead atoms. The molecule has 0 radical (unpaired) electrons. The predicted octanol–water partition coefficient (Wildman–Crippen LogP) is 0.808. The van der Waals surface area contributed by atoms with Gasteiger partial charge in [-0.2, -0.15) is 0 Å². The molecule has 0 aromatic carbocycles. The second-order valence-corrected chi connectivity index (χ2v) is 5.49. The SMILES string of the molecule is CN(CCO)C(=O)Cc1csc(CCCCCN)n1. The van der Waals surface area contributed by atoms with Crippen molar-refractivity contribution in [1.29, 1.82) is 0 Å². The molecule has 0 fully saturated rings. The standard InChI is InChI=1S/C13H23N3O2S/c1-16(7-8-17)13(18)9-11-10-19-12(15-11)5-3-2-4-6-14/h10,17H,2-9,14H2,1H3. The van der Waals surface area contributed by atoms with Crippen molar-refractivity contribution in [2.75, 3.05) is 26.7 Å². The van der Waals surface area contributed by atoms with Crippen LogP contribution >= 0.6 is 11.3 Å². The highest BCUT2D eigenvalue weighted by atomic mass is 32.1. The third-order valence-corrected chi connectivity index (χ3v) is 3.84. The minimum Gasteiger partial charge on any atom is -0.395 e. The number of nitrogens with zero attached hydrogens (tertiary/aromatic N) is 2. The molecule has 0 aliphatic carbocycles. The van der Waals surface area contributed by atoms with Crippen LogP contribution in [0.5, 0.6) is 0 Å². The molecule has 6 heteroatoms. The normalized spacial score (nSPS) is 10.7. The molecule has 19 heavy (non-hydrogen) atoms. The second-order valence-electron chi connectivity index (χ2n) is 4.55. The first kappa shape index (κ1) is 16.1. The summed E-state index contributed by atoms with van der Waals surface area (Å²) in [5.41, 5.74) is 6.27. The van der Waals surface area contributed by atoms with E-state index in [0.29, 0.717) is 13.0 Å². The van der Waals surface area contributed by atoms with E-state index >= 15 is 0 Å². The molecule has 0 atom stereocenters. The monoisotopic (exact) mass is 285 g/mol. The molecule has 0 aliphatic heterocycles. The zero-order chi connectivity index (χ0) is 14.1. The minimum atomic E-state index is -0.00824. The number of hydrogen-bond donors (Lipinski definition) is 2. The van der Waals surface area contributed by atoms with Crippen molar-refractivity contribution in [3.05, 3.63) is 16.1 Å². The van der Waals surface area contributed by atoms with Gasteiger partial charge in [-0.1, -0.05) is 6.42 Å². The maximum Gasteiger partial charge on any atom is 0.228 e. The molecule has 1 rings (SSSR count). The Morgan fingerprint density at radius 1 is 1.47 bits per heavy atom. The van der Waals surface area contributed by atoms with E-state index in [2.05, 4.69) is 4.98 Å². The molecule has 0 unspecified atom stereocenters. The Balaban J connectivity index is 2.35. The highest BCUT2D eigenvalue weighted by Crippen LogP contribution is 2.14. The van der Waals surface area contributed by atoms with Gasteiger partial charge in [0, 0.05) is 19.0 Å². The predicted molar refractivity (Wildman–Crippen MR) is 77.2 cm³/mol. The second kappa shape index (κ2) is 9.01. The third-order valence-electron chi connectivity index (χ3n) is 2.89. The smallest absolute Gasteiger partial charge is 0.228 e. The summed E-state index contributed by atoms with van der Waals surface area (Å²) in [5.74, 6) is -0.00553. The van der Waals surface area contributed by atoms with Crippen LogP contribution in [0, 0.1) is 0 Å². The number of aliphatic hydroxyl groups is 1. The number of aryl methyl sites for hydroxylation is 1. The summed E-state index contributed by atoms with van der Waals surface area (Å²) in [6.07, 6.45) is 4.57. The van der Waals surface area contributed by atoms with Gasteiger partial charge < -0.3 is 15.7 Å². The number of carbonyl (C=O) groups is 1. The van der Waals surface area contributed by atoms with Crippen molar-refractivity contribution in [3.8, 4) is 0 Å². The van der Waals surface area contributed by atoms with Gasteiger partial charge in [-0.15, -0.1) is 11.3 Å². The summed E-state index contributed by atoms with van der Waals surface area (Å²) in [7, 11) is 1.69. The van der Waals surface area contributed by atoms with Crippen molar-refractivity contribution in [3.63, 3.8) is 0 Å². The van der Waals surface area contributed by atoms with E-state index in [1.807, 2.05) is 5.38 Å². The molecule has 0 saturated heterocycles. The van der Waals surface area contributed by atoms with Gasteiger partial charge in [0.2, 0.25) is 5.91 Å². The number of thiazole rings is 1.